The number of rotatable bonds is 6. The highest BCUT2D eigenvalue weighted by Crippen LogP contribution is 2.33. The molecule has 1 aliphatic heterocycles. The van der Waals surface area contributed by atoms with Gasteiger partial charge in [0.25, 0.3) is 0 Å². The Kier molecular flexibility index (Phi) is 5.76. The van der Waals surface area contributed by atoms with Crippen molar-refractivity contribution >= 4 is 23.3 Å². The van der Waals surface area contributed by atoms with Crippen LogP contribution in [0, 0.1) is 0 Å². The minimum Gasteiger partial charge on any atom is -0.494 e. The molecule has 1 aromatic carbocycles. The molecule has 2 rings (SSSR count). The van der Waals surface area contributed by atoms with Crippen LogP contribution in [0.15, 0.2) is 48.2 Å². The van der Waals surface area contributed by atoms with Gasteiger partial charge < -0.3 is 20.1 Å². The molecule has 0 fully saturated rings. The van der Waals surface area contributed by atoms with Gasteiger partial charge in [-0.3, -0.25) is 0 Å². The fourth-order valence-electron chi connectivity index (χ4n) is 2.42. The highest BCUT2D eigenvalue weighted by Gasteiger charge is 2.32. The highest BCUT2D eigenvalue weighted by atomic mass is 32.1. The lowest BCUT2D eigenvalue weighted by molar-refractivity contribution is -0.138. The normalized spacial score (nSPS) is 17.1. The van der Waals surface area contributed by atoms with E-state index >= 15 is 0 Å². The van der Waals surface area contributed by atoms with Gasteiger partial charge in [0.2, 0.25) is 0 Å². The second-order valence-corrected chi connectivity index (χ2v) is 5.34. The number of hydrogen-bond donors (Lipinski definition) is 2. The maximum absolute atomic E-state index is 12.4. The predicted octanol–water partition coefficient (Wildman–Crippen LogP) is 2.61. The van der Waals surface area contributed by atoms with Crippen molar-refractivity contribution in [1.82, 2.24) is 10.6 Å². The third-order valence-electron chi connectivity index (χ3n) is 3.35. The number of allylic oxidation sites excluding steroid dienone is 1. The topological polar surface area (TPSA) is 59.6 Å². The molecule has 0 spiro atoms. The van der Waals surface area contributed by atoms with Crippen molar-refractivity contribution in [2.24, 2.45) is 0 Å². The molecule has 1 aliphatic rings. The number of benzene rings is 1. The summed E-state index contributed by atoms with van der Waals surface area (Å²) in [4.78, 5) is 12.4. The summed E-state index contributed by atoms with van der Waals surface area (Å²) in [7, 11) is 0. The molecule has 5 nitrogen and oxygen atoms in total. The summed E-state index contributed by atoms with van der Waals surface area (Å²) in [6.45, 7) is 7.96. The van der Waals surface area contributed by atoms with E-state index in [1.54, 1.807) is 6.92 Å². The van der Waals surface area contributed by atoms with Gasteiger partial charge in [-0.25, -0.2) is 4.79 Å². The van der Waals surface area contributed by atoms with E-state index in [0.717, 1.165) is 5.56 Å². The zero-order chi connectivity index (χ0) is 16.8. The first-order valence-corrected chi connectivity index (χ1v) is 7.77. The molecule has 6 heteroatoms. The molecule has 1 heterocycles. The average Bonchev–Trinajstić information content (AvgIpc) is 2.52. The van der Waals surface area contributed by atoms with Crippen molar-refractivity contribution in [1.29, 1.82) is 0 Å². The summed E-state index contributed by atoms with van der Waals surface area (Å²) < 4.78 is 10.9. The van der Waals surface area contributed by atoms with Crippen LogP contribution >= 0.6 is 12.2 Å². The van der Waals surface area contributed by atoms with Crippen molar-refractivity contribution in [2.45, 2.75) is 19.9 Å². The molecule has 1 atom stereocenters. The minimum absolute atomic E-state index is 0.153. The maximum Gasteiger partial charge on any atom is 0.338 e. The second-order valence-electron chi connectivity index (χ2n) is 4.93. The number of ether oxygens (including phenoxy) is 2. The van der Waals surface area contributed by atoms with Crippen LogP contribution in [-0.4, -0.2) is 24.3 Å². The van der Waals surface area contributed by atoms with Crippen LogP contribution in [0.5, 0.6) is 5.75 Å². The van der Waals surface area contributed by atoms with E-state index in [2.05, 4.69) is 17.2 Å². The summed E-state index contributed by atoms with van der Waals surface area (Å²) in [5.41, 5.74) is 1.98. The number of nitrogens with one attached hydrogen (secondary N) is 2. The van der Waals surface area contributed by atoms with Gasteiger partial charge in [-0.1, -0.05) is 30.9 Å². The molecule has 122 valence electrons. The molecule has 0 bridgehead atoms. The van der Waals surface area contributed by atoms with E-state index in [0.29, 0.717) is 28.7 Å². The maximum atomic E-state index is 12.4. The van der Waals surface area contributed by atoms with Crippen molar-refractivity contribution in [3.63, 3.8) is 0 Å². The van der Waals surface area contributed by atoms with Crippen LogP contribution in [0.3, 0.4) is 0 Å². The van der Waals surface area contributed by atoms with Gasteiger partial charge in [-0.05, 0) is 32.1 Å². The molecular formula is C17H20N2O3S. The van der Waals surface area contributed by atoms with E-state index in [-0.39, 0.29) is 6.61 Å². The van der Waals surface area contributed by atoms with E-state index in [4.69, 9.17) is 21.7 Å². The Morgan fingerprint density at radius 1 is 1.43 bits per heavy atom. The predicted molar refractivity (Wildman–Crippen MR) is 93.1 cm³/mol. The number of carbonyl (C=O) groups excluding carboxylic acids is 1. The van der Waals surface area contributed by atoms with E-state index in [1.165, 1.54) is 6.08 Å². The molecule has 1 aromatic rings. The monoisotopic (exact) mass is 332 g/mol. The van der Waals surface area contributed by atoms with Gasteiger partial charge >= 0.3 is 5.97 Å². The number of esters is 1. The third-order valence-corrected chi connectivity index (χ3v) is 3.57. The van der Waals surface area contributed by atoms with Crippen LogP contribution in [0.2, 0.25) is 0 Å². The molecule has 0 radical (unpaired) electrons. The Morgan fingerprint density at radius 3 is 2.87 bits per heavy atom. The van der Waals surface area contributed by atoms with Crippen LogP contribution in [0.25, 0.3) is 0 Å². The fraction of sp³-hybridized carbons (Fsp3) is 0.294. The summed E-state index contributed by atoms with van der Waals surface area (Å²) in [5, 5.41) is 6.55. The molecule has 0 aliphatic carbocycles. The smallest absolute Gasteiger partial charge is 0.338 e. The standard InChI is InChI=1S/C17H20N2O3S/c1-4-10-22-16(20)14-11(3)18-17(23)19-15(14)12-8-6-7-9-13(12)21-5-2/h4,6-9,15H,1,5,10H2,2-3H3,(H2,18,19,23). The number of para-hydroxylation sites is 1. The summed E-state index contributed by atoms with van der Waals surface area (Å²) in [6, 6.07) is 7.13. The van der Waals surface area contributed by atoms with Crippen molar-refractivity contribution in [3.05, 3.63) is 53.8 Å². The molecule has 0 saturated carbocycles. The van der Waals surface area contributed by atoms with Crippen molar-refractivity contribution in [3.8, 4) is 5.75 Å². The molecular weight excluding hydrogens is 312 g/mol. The van der Waals surface area contributed by atoms with Crippen LogP contribution in [-0.2, 0) is 9.53 Å². The second kappa shape index (κ2) is 7.78. The largest absolute Gasteiger partial charge is 0.494 e. The first-order chi connectivity index (χ1) is 11.1. The molecule has 0 amide bonds. The Hall–Kier alpha value is -2.34. The van der Waals surface area contributed by atoms with Crippen LogP contribution in [0.1, 0.15) is 25.5 Å². The van der Waals surface area contributed by atoms with Crippen LogP contribution < -0.4 is 15.4 Å². The van der Waals surface area contributed by atoms with Crippen molar-refractivity contribution < 1.29 is 14.3 Å². The Bertz CT molecular complexity index is 655. The first kappa shape index (κ1) is 17.0. The third kappa shape index (κ3) is 3.90. The van der Waals surface area contributed by atoms with E-state index in [9.17, 15) is 4.79 Å². The van der Waals surface area contributed by atoms with Crippen LogP contribution in [0.4, 0.5) is 0 Å². The molecule has 0 aromatic heterocycles. The number of thiocarbonyl (C=S) groups is 1. The highest BCUT2D eigenvalue weighted by molar-refractivity contribution is 7.80. The first-order valence-electron chi connectivity index (χ1n) is 7.36. The minimum atomic E-state index is -0.427. The summed E-state index contributed by atoms with van der Waals surface area (Å²) >= 11 is 5.23. The Balaban J connectivity index is 2.45. The van der Waals surface area contributed by atoms with Gasteiger partial charge in [0, 0.05) is 11.3 Å². The number of hydrogen-bond acceptors (Lipinski definition) is 4. The fourth-order valence-corrected chi connectivity index (χ4v) is 2.69. The molecule has 23 heavy (non-hydrogen) atoms. The lowest BCUT2D eigenvalue weighted by Crippen LogP contribution is -2.45. The number of carbonyl (C=O) groups is 1. The molecule has 0 saturated heterocycles. The van der Waals surface area contributed by atoms with Crippen molar-refractivity contribution in [2.75, 3.05) is 13.2 Å². The Labute approximate surface area is 141 Å². The van der Waals surface area contributed by atoms with E-state index in [1.807, 2.05) is 31.2 Å². The Morgan fingerprint density at radius 2 is 2.17 bits per heavy atom. The van der Waals surface area contributed by atoms with Gasteiger partial charge in [0.05, 0.1) is 18.2 Å². The summed E-state index contributed by atoms with van der Waals surface area (Å²) in [6.07, 6.45) is 1.53. The van der Waals surface area contributed by atoms with Gasteiger partial charge in [-0.2, -0.15) is 0 Å². The van der Waals surface area contributed by atoms with E-state index < -0.39 is 12.0 Å². The SMILES string of the molecule is C=CCOC(=O)C1=C(C)NC(=S)NC1c1ccccc1OCC. The lowest BCUT2D eigenvalue weighted by Gasteiger charge is -2.30. The lowest BCUT2D eigenvalue weighted by atomic mass is 9.95. The molecule has 2 N–H and O–H groups in total. The van der Waals surface area contributed by atoms with Gasteiger partial charge in [0.15, 0.2) is 5.11 Å². The zero-order valence-electron chi connectivity index (χ0n) is 13.2. The zero-order valence-corrected chi connectivity index (χ0v) is 14.0. The average molecular weight is 332 g/mol. The molecule has 1 unspecified atom stereocenters. The quantitative estimate of drug-likeness (QED) is 0.474. The summed E-state index contributed by atoms with van der Waals surface area (Å²) in [5.74, 6) is 0.292. The van der Waals surface area contributed by atoms with Gasteiger partial charge in [0.1, 0.15) is 12.4 Å². The van der Waals surface area contributed by atoms with Gasteiger partial charge in [-0.15, -0.1) is 0 Å².